The number of rotatable bonds is 6. The topological polar surface area (TPSA) is 75.0 Å². The Morgan fingerprint density at radius 1 is 1.15 bits per heavy atom. The molecular weight excluding hydrogens is 346 g/mol. The molecule has 2 heterocycles. The van der Waals surface area contributed by atoms with Gasteiger partial charge >= 0.3 is 0 Å². The third-order valence-electron chi connectivity index (χ3n) is 4.71. The predicted octanol–water partition coefficient (Wildman–Crippen LogP) is 2.46. The lowest BCUT2D eigenvalue weighted by Crippen LogP contribution is -2.54. The molecular formula is C20H25N3O4. The number of benzene rings is 1. The maximum atomic E-state index is 12.7. The number of para-hydroxylation sites is 2. The molecule has 7 nitrogen and oxygen atoms in total. The Morgan fingerprint density at radius 2 is 1.89 bits per heavy atom. The average molecular weight is 371 g/mol. The van der Waals surface area contributed by atoms with Crippen molar-refractivity contribution < 1.29 is 18.7 Å². The summed E-state index contributed by atoms with van der Waals surface area (Å²) in [4.78, 5) is 28.8. The van der Waals surface area contributed by atoms with Crippen LogP contribution in [0.25, 0.3) is 0 Å². The number of nitrogens with zero attached hydrogens (tertiary/aromatic N) is 2. The van der Waals surface area contributed by atoms with E-state index in [4.69, 9.17) is 9.15 Å². The highest BCUT2D eigenvalue weighted by Gasteiger charge is 2.29. The molecule has 1 aromatic heterocycles. The highest BCUT2D eigenvalue weighted by Crippen LogP contribution is 2.24. The van der Waals surface area contributed by atoms with E-state index in [9.17, 15) is 9.59 Å². The van der Waals surface area contributed by atoms with Crippen LogP contribution < -0.4 is 10.1 Å². The molecule has 2 amide bonds. The minimum Gasteiger partial charge on any atom is -0.492 e. The molecule has 1 aromatic carbocycles. The lowest BCUT2D eigenvalue weighted by atomic mass is 10.2. The summed E-state index contributed by atoms with van der Waals surface area (Å²) >= 11 is 0. The molecule has 0 bridgehead atoms. The molecule has 0 saturated carbocycles. The van der Waals surface area contributed by atoms with Crippen molar-refractivity contribution in [2.24, 2.45) is 0 Å². The first-order chi connectivity index (χ1) is 13.1. The van der Waals surface area contributed by atoms with Crippen molar-refractivity contribution in [3.8, 4) is 5.75 Å². The minimum absolute atomic E-state index is 0.0898. The number of carbonyl (C=O) groups excluding carboxylic acids is 2. The molecule has 1 fully saturated rings. The molecule has 1 aliphatic heterocycles. The maximum Gasteiger partial charge on any atom is 0.289 e. The van der Waals surface area contributed by atoms with Crippen LogP contribution in [0.4, 0.5) is 5.69 Å². The highest BCUT2D eigenvalue weighted by atomic mass is 16.5. The molecule has 1 N–H and O–H groups in total. The summed E-state index contributed by atoms with van der Waals surface area (Å²) < 4.78 is 10.7. The fraction of sp³-hybridized carbons (Fsp3) is 0.400. The number of amides is 2. The molecule has 1 aliphatic rings. The summed E-state index contributed by atoms with van der Waals surface area (Å²) in [6.45, 7) is 6.71. The first kappa shape index (κ1) is 19.0. The van der Waals surface area contributed by atoms with E-state index in [1.54, 1.807) is 17.0 Å². The molecule has 3 rings (SSSR count). The highest BCUT2D eigenvalue weighted by molar-refractivity contribution is 5.96. The van der Waals surface area contributed by atoms with Gasteiger partial charge in [-0.3, -0.25) is 14.5 Å². The second-order valence-corrected chi connectivity index (χ2v) is 6.40. The molecule has 0 spiro atoms. The summed E-state index contributed by atoms with van der Waals surface area (Å²) in [5.41, 5.74) is 0.669. The Morgan fingerprint density at radius 3 is 2.56 bits per heavy atom. The van der Waals surface area contributed by atoms with Crippen LogP contribution in [-0.4, -0.2) is 60.4 Å². The van der Waals surface area contributed by atoms with Crippen LogP contribution in [0.2, 0.25) is 0 Å². The third-order valence-corrected chi connectivity index (χ3v) is 4.71. The van der Waals surface area contributed by atoms with Gasteiger partial charge in [-0.05, 0) is 38.1 Å². The zero-order valence-corrected chi connectivity index (χ0v) is 15.7. The number of anilines is 1. The van der Waals surface area contributed by atoms with E-state index < -0.39 is 0 Å². The Balaban J connectivity index is 1.55. The third kappa shape index (κ3) is 4.49. The second-order valence-electron chi connectivity index (χ2n) is 6.40. The molecule has 0 aliphatic carbocycles. The van der Waals surface area contributed by atoms with Crippen LogP contribution >= 0.6 is 0 Å². The molecule has 1 atom stereocenters. The van der Waals surface area contributed by atoms with E-state index in [0.29, 0.717) is 50.0 Å². The second kappa shape index (κ2) is 8.73. The normalized spacial score (nSPS) is 16.0. The number of hydrogen-bond donors (Lipinski definition) is 1. The van der Waals surface area contributed by atoms with Gasteiger partial charge in [0.05, 0.1) is 24.6 Å². The van der Waals surface area contributed by atoms with Crippen molar-refractivity contribution in [2.75, 3.05) is 38.1 Å². The zero-order chi connectivity index (χ0) is 19.2. The lowest BCUT2D eigenvalue weighted by molar-refractivity contribution is -0.121. The van der Waals surface area contributed by atoms with Gasteiger partial charge in [-0.25, -0.2) is 0 Å². The Kier molecular flexibility index (Phi) is 6.13. The van der Waals surface area contributed by atoms with E-state index in [1.165, 1.54) is 6.26 Å². The van der Waals surface area contributed by atoms with E-state index in [-0.39, 0.29) is 17.9 Å². The molecule has 1 saturated heterocycles. The van der Waals surface area contributed by atoms with Crippen molar-refractivity contribution in [3.05, 3.63) is 48.4 Å². The fourth-order valence-corrected chi connectivity index (χ4v) is 3.12. The van der Waals surface area contributed by atoms with Crippen molar-refractivity contribution in [1.29, 1.82) is 0 Å². The van der Waals surface area contributed by atoms with Gasteiger partial charge in [0.2, 0.25) is 5.91 Å². The van der Waals surface area contributed by atoms with Gasteiger partial charge in [-0.15, -0.1) is 0 Å². The number of furan rings is 1. The van der Waals surface area contributed by atoms with Gasteiger partial charge in [-0.1, -0.05) is 12.1 Å². The van der Waals surface area contributed by atoms with E-state index >= 15 is 0 Å². The van der Waals surface area contributed by atoms with Crippen LogP contribution in [0.5, 0.6) is 5.75 Å². The van der Waals surface area contributed by atoms with Crippen LogP contribution in [-0.2, 0) is 4.79 Å². The number of piperazine rings is 1. The van der Waals surface area contributed by atoms with E-state index in [2.05, 4.69) is 10.2 Å². The molecule has 2 aromatic rings. The van der Waals surface area contributed by atoms with Crippen LogP contribution in [0.15, 0.2) is 47.1 Å². The Labute approximate surface area is 158 Å². The van der Waals surface area contributed by atoms with Crippen molar-refractivity contribution in [3.63, 3.8) is 0 Å². The number of ether oxygens (including phenoxy) is 1. The van der Waals surface area contributed by atoms with Crippen LogP contribution in [0.3, 0.4) is 0 Å². The smallest absolute Gasteiger partial charge is 0.289 e. The predicted molar refractivity (Wildman–Crippen MR) is 102 cm³/mol. The van der Waals surface area contributed by atoms with Gasteiger partial charge < -0.3 is 19.4 Å². The van der Waals surface area contributed by atoms with Gasteiger partial charge in [-0.2, -0.15) is 0 Å². The molecule has 0 unspecified atom stereocenters. The van der Waals surface area contributed by atoms with Gasteiger partial charge in [0, 0.05) is 26.2 Å². The number of nitrogens with one attached hydrogen (secondary N) is 1. The quantitative estimate of drug-likeness (QED) is 0.844. The van der Waals surface area contributed by atoms with Crippen LogP contribution in [0.1, 0.15) is 24.4 Å². The van der Waals surface area contributed by atoms with Gasteiger partial charge in [0.15, 0.2) is 5.76 Å². The minimum atomic E-state index is -0.305. The Bertz CT molecular complexity index is 767. The largest absolute Gasteiger partial charge is 0.492 e. The average Bonchev–Trinajstić information content (AvgIpc) is 3.23. The van der Waals surface area contributed by atoms with E-state index in [0.717, 1.165) is 0 Å². The Hall–Kier alpha value is -2.80. The number of carbonyl (C=O) groups is 2. The zero-order valence-electron chi connectivity index (χ0n) is 15.7. The van der Waals surface area contributed by atoms with Gasteiger partial charge in [0.1, 0.15) is 5.75 Å². The molecule has 7 heteroatoms. The lowest BCUT2D eigenvalue weighted by Gasteiger charge is -2.37. The maximum absolute atomic E-state index is 12.7. The van der Waals surface area contributed by atoms with E-state index in [1.807, 2.05) is 38.1 Å². The van der Waals surface area contributed by atoms with Crippen molar-refractivity contribution >= 4 is 17.5 Å². The summed E-state index contributed by atoms with van der Waals surface area (Å²) in [6, 6.07) is 10.5. The standard InChI is InChI=1S/C20H25N3O4/c1-3-26-17-8-5-4-7-16(17)21-19(24)15(2)22-10-12-23(13-11-22)20(25)18-9-6-14-27-18/h4-9,14-15H,3,10-13H2,1-2H3,(H,21,24)/t15-/m1/s1. The summed E-state index contributed by atoms with van der Waals surface area (Å²) in [5, 5.41) is 2.95. The molecule has 27 heavy (non-hydrogen) atoms. The monoisotopic (exact) mass is 371 g/mol. The number of hydrogen-bond acceptors (Lipinski definition) is 5. The van der Waals surface area contributed by atoms with Crippen molar-refractivity contribution in [1.82, 2.24) is 9.80 Å². The fourth-order valence-electron chi connectivity index (χ4n) is 3.12. The molecule has 0 radical (unpaired) electrons. The summed E-state index contributed by atoms with van der Waals surface area (Å²) in [7, 11) is 0. The summed E-state index contributed by atoms with van der Waals surface area (Å²) in [6.07, 6.45) is 1.50. The van der Waals surface area contributed by atoms with Crippen LogP contribution in [0, 0.1) is 0 Å². The molecule has 144 valence electrons. The summed E-state index contributed by atoms with van der Waals surface area (Å²) in [5.74, 6) is 0.812. The van der Waals surface area contributed by atoms with Crippen molar-refractivity contribution in [2.45, 2.75) is 19.9 Å². The first-order valence-corrected chi connectivity index (χ1v) is 9.19. The SMILES string of the molecule is CCOc1ccccc1NC(=O)[C@@H](C)N1CCN(C(=O)c2ccco2)CC1. The first-order valence-electron chi connectivity index (χ1n) is 9.19. The van der Waals surface area contributed by atoms with Gasteiger partial charge in [0.25, 0.3) is 5.91 Å².